The molecule has 3 heteroatoms. The summed E-state index contributed by atoms with van der Waals surface area (Å²) in [5, 5.41) is 3.53. The van der Waals surface area contributed by atoms with E-state index in [1.54, 1.807) is 0 Å². The lowest BCUT2D eigenvalue weighted by molar-refractivity contribution is 0.475. The van der Waals surface area contributed by atoms with Gasteiger partial charge in [-0.2, -0.15) is 0 Å². The summed E-state index contributed by atoms with van der Waals surface area (Å²) in [6.45, 7) is 3.04. The van der Waals surface area contributed by atoms with Gasteiger partial charge < -0.3 is 10.1 Å². The smallest absolute Gasteiger partial charge is 0.141 e. The standard InChI is InChI=1S/C17H18BrNO/c1-12-10-13(11-19-14-7-8-14)6-9-16(12)20-17-5-3-2-4-15(17)18/h2-6,9-10,14,19H,7-8,11H2,1H3. The summed E-state index contributed by atoms with van der Waals surface area (Å²) in [6.07, 6.45) is 2.64. The van der Waals surface area contributed by atoms with Crippen LogP contribution in [0.4, 0.5) is 0 Å². The number of ether oxygens (including phenoxy) is 1. The molecule has 0 radical (unpaired) electrons. The number of hydrogen-bond donors (Lipinski definition) is 1. The molecule has 2 nitrogen and oxygen atoms in total. The molecule has 2 aromatic carbocycles. The average molecular weight is 332 g/mol. The number of aryl methyl sites for hydroxylation is 1. The first-order valence-electron chi connectivity index (χ1n) is 6.97. The van der Waals surface area contributed by atoms with Crippen LogP contribution in [-0.2, 0) is 6.54 Å². The van der Waals surface area contributed by atoms with E-state index in [1.807, 2.05) is 24.3 Å². The molecule has 0 amide bonds. The van der Waals surface area contributed by atoms with Gasteiger partial charge in [-0.1, -0.05) is 24.3 Å². The average Bonchev–Trinajstić information content (AvgIpc) is 3.26. The zero-order valence-electron chi connectivity index (χ0n) is 11.5. The van der Waals surface area contributed by atoms with Crippen molar-refractivity contribution in [1.82, 2.24) is 5.32 Å². The van der Waals surface area contributed by atoms with Crippen LogP contribution in [0.15, 0.2) is 46.9 Å². The Morgan fingerprint density at radius 1 is 1.15 bits per heavy atom. The van der Waals surface area contributed by atoms with Gasteiger partial charge in [0.25, 0.3) is 0 Å². The fraction of sp³-hybridized carbons (Fsp3) is 0.294. The second-order valence-electron chi connectivity index (χ2n) is 5.29. The SMILES string of the molecule is Cc1cc(CNC2CC2)ccc1Oc1ccccc1Br. The monoisotopic (exact) mass is 331 g/mol. The van der Waals surface area contributed by atoms with Crippen LogP contribution in [0.3, 0.4) is 0 Å². The lowest BCUT2D eigenvalue weighted by Crippen LogP contribution is -2.15. The molecule has 0 atom stereocenters. The highest BCUT2D eigenvalue weighted by Gasteiger charge is 2.19. The highest BCUT2D eigenvalue weighted by Crippen LogP contribution is 2.31. The number of rotatable bonds is 5. The Hall–Kier alpha value is -1.32. The van der Waals surface area contributed by atoms with Gasteiger partial charge in [0, 0.05) is 12.6 Å². The Bertz CT molecular complexity index is 608. The summed E-state index contributed by atoms with van der Waals surface area (Å²) < 4.78 is 6.94. The molecule has 1 saturated carbocycles. The summed E-state index contributed by atoms with van der Waals surface area (Å²) in [4.78, 5) is 0. The second kappa shape index (κ2) is 5.98. The number of hydrogen-bond acceptors (Lipinski definition) is 2. The van der Waals surface area contributed by atoms with Crippen LogP contribution in [0.1, 0.15) is 24.0 Å². The third kappa shape index (κ3) is 3.41. The third-order valence-corrected chi connectivity index (χ3v) is 4.12. The topological polar surface area (TPSA) is 21.3 Å². The van der Waals surface area contributed by atoms with Crippen molar-refractivity contribution < 1.29 is 4.74 Å². The molecular formula is C17H18BrNO. The fourth-order valence-electron chi connectivity index (χ4n) is 2.13. The van der Waals surface area contributed by atoms with Crippen LogP contribution >= 0.6 is 15.9 Å². The third-order valence-electron chi connectivity index (χ3n) is 3.47. The van der Waals surface area contributed by atoms with Crippen LogP contribution < -0.4 is 10.1 Å². The normalized spacial score (nSPS) is 14.3. The van der Waals surface area contributed by atoms with Crippen molar-refractivity contribution in [3.63, 3.8) is 0 Å². The minimum Gasteiger partial charge on any atom is -0.456 e. The van der Waals surface area contributed by atoms with Crippen molar-refractivity contribution >= 4 is 15.9 Å². The van der Waals surface area contributed by atoms with Gasteiger partial charge in [0.1, 0.15) is 11.5 Å². The molecule has 20 heavy (non-hydrogen) atoms. The summed E-state index contributed by atoms with van der Waals surface area (Å²) in [5.74, 6) is 1.76. The van der Waals surface area contributed by atoms with Crippen molar-refractivity contribution in [2.45, 2.75) is 32.4 Å². The quantitative estimate of drug-likeness (QED) is 0.849. The summed E-state index contributed by atoms with van der Waals surface area (Å²) in [6, 6.07) is 15.0. The first-order valence-corrected chi connectivity index (χ1v) is 7.77. The first kappa shape index (κ1) is 13.7. The molecule has 2 aromatic rings. The van der Waals surface area contributed by atoms with Gasteiger partial charge in [-0.25, -0.2) is 0 Å². The maximum absolute atomic E-state index is 5.97. The number of benzene rings is 2. The highest BCUT2D eigenvalue weighted by molar-refractivity contribution is 9.10. The summed E-state index contributed by atoms with van der Waals surface area (Å²) >= 11 is 3.51. The molecule has 0 spiro atoms. The Morgan fingerprint density at radius 2 is 1.95 bits per heavy atom. The number of para-hydroxylation sites is 1. The minimum absolute atomic E-state index is 0.742. The lowest BCUT2D eigenvalue weighted by atomic mass is 10.1. The summed E-state index contributed by atoms with van der Waals surface area (Å²) in [5.41, 5.74) is 2.48. The van der Waals surface area contributed by atoms with Crippen LogP contribution in [-0.4, -0.2) is 6.04 Å². The Kier molecular flexibility index (Phi) is 4.08. The zero-order chi connectivity index (χ0) is 13.9. The largest absolute Gasteiger partial charge is 0.456 e. The fourth-order valence-corrected chi connectivity index (χ4v) is 2.50. The zero-order valence-corrected chi connectivity index (χ0v) is 13.1. The minimum atomic E-state index is 0.742. The highest BCUT2D eigenvalue weighted by atomic mass is 79.9. The van der Waals surface area contributed by atoms with E-state index in [4.69, 9.17) is 4.74 Å². The van der Waals surface area contributed by atoms with Crippen LogP contribution in [0.25, 0.3) is 0 Å². The van der Waals surface area contributed by atoms with Gasteiger partial charge in [-0.05, 0) is 65.0 Å². The van der Waals surface area contributed by atoms with Crippen molar-refractivity contribution in [2.24, 2.45) is 0 Å². The van der Waals surface area contributed by atoms with Crippen molar-refractivity contribution in [3.8, 4) is 11.5 Å². The molecule has 0 heterocycles. The molecule has 0 aromatic heterocycles. The van der Waals surface area contributed by atoms with Gasteiger partial charge in [-0.3, -0.25) is 0 Å². The van der Waals surface area contributed by atoms with Crippen LogP contribution in [0.2, 0.25) is 0 Å². The Labute approximate surface area is 128 Å². The van der Waals surface area contributed by atoms with Crippen LogP contribution in [0, 0.1) is 6.92 Å². The Morgan fingerprint density at radius 3 is 2.65 bits per heavy atom. The van der Waals surface area contributed by atoms with Gasteiger partial charge in [-0.15, -0.1) is 0 Å². The lowest BCUT2D eigenvalue weighted by Gasteiger charge is -2.12. The molecule has 104 valence electrons. The van der Waals surface area contributed by atoms with Gasteiger partial charge >= 0.3 is 0 Å². The van der Waals surface area contributed by atoms with E-state index in [0.29, 0.717) is 0 Å². The van der Waals surface area contributed by atoms with E-state index in [2.05, 4.69) is 46.4 Å². The second-order valence-corrected chi connectivity index (χ2v) is 6.14. The molecule has 0 unspecified atom stereocenters. The van der Waals surface area contributed by atoms with Crippen molar-refractivity contribution in [2.75, 3.05) is 0 Å². The molecule has 1 N–H and O–H groups in total. The van der Waals surface area contributed by atoms with E-state index >= 15 is 0 Å². The van der Waals surface area contributed by atoms with Crippen molar-refractivity contribution in [1.29, 1.82) is 0 Å². The molecule has 3 rings (SSSR count). The van der Waals surface area contributed by atoms with Gasteiger partial charge in [0.2, 0.25) is 0 Å². The van der Waals surface area contributed by atoms with Gasteiger partial charge in [0.15, 0.2) is 0 Å². The van der Waals surface area contributed by atoms with E-state index in [-0.39, 0.29) is 0 Å². The molecule has 1 aliphatic carbocycles. The predicted octanol–water partition coefficient (Wildman–Crippen LogP) is 4.80. The van der Waals surface area contributed by atoms with E-state index in [0.717, 1.165) is 34.1 Å². The first-order chi connectivity index (χ1) is 9.72. The van der Waals surface area contributed by atoms with E-state index < -0.39 is 0 Å². The Balaban J connectivity index is 1.71. The maximum Gasteiger partial charge on any atom is 0.141 e. The predicted molar refractivity (Wildman–Crippen MR) is 85.3 cm³/mol. The molecule has 0 bridgehead atoms. The number of halogens is 1. The van der Waals surface area contributed by atoms with Gasteiger partial charge in [0.05, 0.1) is 4.47 Å². The van der Waals surface area contributed by atoms with E-state index in [9.17, 15) is 0 Å². The molecular weight excluding hydrogens is 314 g/mol. The number of nitrogens with one attached hydrogen (secondary N) is 1. The maximum atomic E-state index is 5.97. The molecule has 0 saturated heterocycles. The van der Waals surface area contributed by atoms with Crippen LogP contribution in [0.5, 0.6) is 11.5 Å². The van der Waals surface area contributed by atoms with E-state index in [1.165, 1.54) is 18.4 Å². The van der Waals surface area contributed by atoms with Crippen molar-refractivity contribution in [3.05, 3.63) is 58.1 Å². The molecule has 1 fully saturated rings. The molecule has 0 aliphatic heterocycles. The molecule has 1 aliphatic rings. The summed E-state index contributed by atoms with van der Waals surface area (Å²) in [7, 11) is 0.